The third-order valence-corrected chi connectivity index (χ3v) is 5.53. The third-order valence-electron chi connectivity index (χ3n) is 5.04. The normalized spacial score (nSPS) is 26.0. The van der Waals surface area contributed by atoms with Crippen molar-refractivity contribution in [3.8, 4) is 0 Å². The highest BCUT2D eigenvalue weighted by atomic mass is 32.3. The zero-order valence-corrected chi connectivity index (χ0v) is 15.5. The Morgan fingerprint density at radius 2 is 2.04 bits per heavy atom. The summed E-state index contributed by atoms with van der Waals surface area (Å²) in [7, 11) is -4.68. The molecule has 0 radical (unpaired) electrons. The molecular formula is C17H27NO6S. The molecule has 0 spiro atoms. The fourth-order valence-corrected chi connectivity index (χ4v) is 4.07. The summed E-state index contributed by atoms with van der Waals surface area (Å²) in [5, 5.41) is 24.1. The average molecular weight is 373 g/mol. The molecule has 2 rings (SSSR count). The van der Waals surface area contributed by atoms with E-state index in [0.717, 1.165) is 18.4 Å². The van der Waals surface area contributed by atoms with Crippen molar-refractivity contribution >= 4 is 10.4 Å². The van der Waals surface area contributed by atoms with Crippen LogP contribution in [0.2, 0.25) is 0 Å². The Bertz CT molecular complexity index is 679. The molecule has 142 valence electrons. The van der Waals surface area contributed by atoms with Gasteiger partial charge in [0.25, 0.3) is 0 Å². The van der Waals surface area contributed by atoms with Crippen molar-refractivity contribution in [1.82, 2.24) is 0 Å². The standard InChI is InChI=1S/C17H27NO6S/c1-3-4-5-10-16(24-25(21,22)23)13(2)18(20)12-11-14-8-6-7-9-15(14)17(18)19/h6-9,13,16-17,19H,3-5,10-12H2,1-2H3,(H,21,22,23). The summed E-state index contributed by atoms with van der Waals surface area (Å²) in [6.07, 6.45) is 0.994. The number of benzene rings is 1. The van der Waals surface area contributed by atoms with Crippen molar-refractivity contribution in [2.45, 2.75) is 64.3 Å². The largest absolute Gasteiger partial charge is 0.630 e. The van der Waals surface area contributed by atoms with Crippen molar-refractivity contribution in [2.24, 2.45) is 0 Å². The van der Waals surface area contributed by atoms with Crippen molar-refractivity contribution < 1.29 is 26.9 Å². The minimum absolute atomic E-state index is 0.123. The Hall–Kier alpha value is -1.03. The number of nitrogens with zero attached hydrogens (tertiary/aromatic N) is 1. The van der Waals surface area contributed by atoms with Crippen LogP contribution in [0.1, 0.15) is 56.9 Å². The van der Waals surface area contributed by atoms with Crippen LogP contribution in [0, 0.1) is 5.21 Å². The number of quaternary nitrogens is 1. The van der Waals surface area contributed by atoms with E-state index in [9.17, 15) is 18.7 Å². The SMILES string of the molecule is CCCCCC(OS(=O)(=O)O)C(C)[N+]1([O-])CCc2ccccc2C1O. The number of rotatable bonds is 8. The Labute approximate surface area is 149 Å². The van der Waals surface area contributed by atoms with Crippen molar-refractivity contribution in [2.75, 3.05) is 6.54 Å². The van der Waals surface area contributed by atoms with Gasteiger partial charge in [0, 0.05) is 12.0 Å². The van der Waals surface area contributed by atoms with Gasteiger partial charge in [-0.05, 0) is 18.9 Å². The van der Waals surface area contributed by atoms with Gasteiger partial charge in [-0.25, -0.2) is 4.18 Å². The van der Waals surface area contributed by atoms with Crippen LogP contribution in [-0.4, -0.2) is 41.4 Å². The molecule has 1 aliphatic rings. The van der Waals surface area contributed by atoms with Crippen LogP contribution in [0.3, 0.4) is 0 Å². The predicted molar refractivity (Wildman–Crippen MR) is 93.6 cm³/mol. The monoisotopic (exact) mass is 373 g/mol. The van der Waals surface area contributed by atoms with Gasteiger partial charge in [0.1, 0.15) is 12.1 Å². The van der Waals surface area contributed by atoms with Gasteiger partial charge in [-0.2, -0.15) is 8.42 Å². The maximum Gasteiger partial charge on any atom is 0.397 e. The molecule has 8 heteroatoms. The first-order valence-corrected chi connectivity index (χ1v) is 10.1. The topological polar surface area (TPSA) is 107 Å². The van der Waals surface area contributed by atoms with E-state index in [-0.39, 0.29) is 6.54 Å². The number of hydroxylamine groups is 3. The molecule has 0 saturated carbocycles. The molecule has 1 aromatic carbocycles. The highest BCUT2D eigenvalue weighted by Gasteiger charge is 2.43. The first kappa shape index (κ1) is 20.3. The molecule has 0 bridgehead atoms. The zero-order chi connectivity index (χ0) is 18.7. The maximum absolute atomic E-state index is 13.4. The summed E-state index contributed by atoms with van der Waals surface area (Å²) in [6, 6.07) is 6.36. The first-order valence-electron chi connectivity index (χ1n) is 8.69. The second-order valence-corrected chi connectivity index (χ2v) is 7.75. The van der Waals surface area contributed by atoms with E-state index in [4.69, 9.17) is 8.74 Å². The van der Waals surface area contributed by atoms with Gasteiger partial charge in [-0.15, -0.1) is 0 Å². The fraction of sp³-hybridized carbons (Fsp3) is 0.647. The van der Waals surface area contributed by atoms with Gasteiger partial charge in [0.15, 0.2) is 0 Å². The zero-order valence-electron chi connectivity index (χ0n) is 14.7. The van der Waals surface area contributed by atoms with E-state index in [1.165, 1.54) is 0 Å². The number of hydrogen-bond donors (Lipinski definition) is 2. The molecular weight excluding hydrogens is 346 g/mol. The van der Waals surface area contributed by atoms with Crippen LogP contribution in [-0.2, 0) is 21.0 Å². The van der Waals surface area contributed by atoms with Crippen LogP contribution in [0.15, 0.2) is 24.3 Å². The summed E-state index contributed by atoms with van der Waals surface area (Å²) in [5.41, 5.74) is 1.49. The molecule has 7 nitrogen and oxygen atoms in total. The number of unbranched alkanes of at least 4 members (excludes halogenated alkanes) is 2. The molecule has 0 amide bonds. The first-order chi connectivity index (χ1) is 11.7. The Morgan fingerprint density at radius 1 is 1.36 bits per heavy atom. The van der Waals surface area contributed by atoms with Crippen molar-refractivity contribution in [3.63, 3.8) is 0 Å². The molecule has 0 aromatic heterocycles. The van der Waals surface area contributed by atoms with Gasteiger partial charge < -0.3 is 15.0 Å². The predicted octanol–water partition coefficient (Wildman–Crippen LogP) is 2.71. The van der Waals surface area contributed by atoms with Gasteiger partial charge >= 0.3 is 10.4 Å². The average Bonchev–Trinajstić information content (AvgIpc) is 2.56. The molecule has 1 aliphatic heterocycles. The minimum Gasteiger partial charge on any atom is -0.630 e. The fourth-order valence-electron chi connectivity index (χ4n) is 3.50. The van der Waals surface area contributed by atoms with E-state index in [0.29, 0.717) is 24.8 Å². The molecule has 0 aliphatic carbocycles. The van der Waals surface area contributed by atoms with Gasteiger partial charge in [0.2, 0.25) is 6.23 Å². The van der Waals surface area contributed by atoms with E-state index >= 15 is 0 Å². The van der Waals surface area contributed by atoms with Gasteiger partial charge in [-0.3, -0.25) is 4.55 Å². The third kappa shape index (κ3) is 4.78. The molecule has 0 saturated heterocycles. The lowest BCUT2D eigenvalue weighted by Gasteiger charge is -2.54. The molecule has 4 unspecified atom stereocenters. The molecule has 2 N–H and O–H groups in total. The summed E-state index contributed by atoms with van der Waals surface area (Å²) >= 11 is 0. The lowest BCUT2D eigenvalue weighted by Crippen LogP contribution is -2.59. The lowest BCUT2D eigenvalue weighted by molar-refractivity contribution is -0.959. The highest BCUT2D eigenvalue weighted by molar-refractivity contribution is 7.80. The molecule has 1 heterocycles. The lowest BCUT2D eigenvalue weighted by atomic mass is 9.94. The Balaban J connectivity index is 2.25. The summed E-state index contributed by atoms with van der Waals surface area (Å²) in [5.74, 6) is 0. The van der Waals surface area contributed by atoms with Crippen molar-refractivity contribution in [1.29, 1.82) is 0 Å². The van der Waals surface area contributed by atoms with Gasteiger partial charge in [0.05, 0.1) is 6.54 Å². The summed E-state index contributed by atoms with van der Waals surface area (Å²) in [4.78, 5) is 0. The second-order valence-electron chi connectivity index (χ2n) is 6.70. The molecule has 25 heavy (non-hydrogen) atoms. The quantitative estimate of drug-likeness (QED) is 0.314. The molecule has 4 atom stereocenters. The number of aliphatic hydroxyl groups is 1. The van der Waals surface area contributed by atoms with E-state index in [2.05, 4.69) is 0 Å². The smallest absolute Gasteiger partial charge is 0.397 e. The number of aliphatic hydroxyl groups excluding tert-OH is 1. The number of hydrogen-bond acceptors (Lipinski definition) is 5. The highest BCUT2D eigenvalue weighted by Crippen LogP contribution is 2.37. The van der Waals surface area contributed by atoms with E-state index in [1.54, 1.807) is 19.1 Å². The van der Waals surface area contributed by atoms with Crippen molar-refractivity contribution in [3.05, 3.63) is 40.6 Å². The molecule has 0 fully saturated rings. The van der Waals surface area contributed by atoms with Gasteiger partial charge in [-0.1, -0.05) is 50.5 Å². The van der Waals surface area contributed by atoms with E-state index < -0.39 is 33.4 Å². The van der Waals surface area contributed by atoms with Crippen LogP contribution >= 0.6 is 0 Å². The Kier molecular flexibility index (Phi) is 6.58. The van der Waals surface area contributed by atoms with Crippen LogP contribution < -0.4 is 0 Å². The second kappa shape index (κ2) is 8.11. The molecule has 1 aromatic rings. The summed E-state index contributed by atoms with van der Waals surface area (Å²) < 4.78 is 35.3. The number of fused-ring (bicyclic) bond motifs is 1. The minimum atomic E-state index is -4.68. The van der Waals surface area contributed by atoms with E-state index in [1.807, 2.05) is 19.1 Å². The summed E-state index contributed by atoms with van der Waals surface area (Å²) in [6.45, 7) is 3.71. The Morgan fingerprint density at radius 3 is 2.68 bits per heavy atom. The van der Waals surface area contributed by atoms with Crippen LogP contribution in [0.25, 0.3) is 0 Å². The van der Waals surface area contributed by atoms with Crippen LogP contribution in [0.5, 0.6) is 0 Å². The van der Waals surface area contributed by atoms with Crippen LogP contribution in [0.4, 0.5) is 0 Å². The maximum atomic E-state index is 13.4.